The lowest BCUT2D eigenvalue weighted by molar-refractivity contribution is 0.0997. The molecular formula is C16H10Cl2N2O3S. The molecule has 0 atom stereocenters. The van der Waals surface area contributed by atoms with Gasteiger partial charge < -0.3 is 14.0 Å². The number of aromatic nitrogens is 1. The Morgan fingerprint density at radius 3 is 2.83 bits per heavy atom. The van der Waals surface area contributed by atoms with E-state index in [2.05, 4.69) is 4.99 Å². The van der Waals surface area contributed by atoms with Crippen molar-refractivity contribution in [2.24, 2.45) is 12.0 Å². The molecule has 1 aliphatic rings. The SMILES string of the molecule is Cn1c(=NC(=O)c2ccc3c(c2)OCO3)sc2ccc(Cl)c(Cl)c21. The Balaban J connectivity index is 1.81. The number of aryl methyl sites for hydroxylation is 1. The highest BCUT2D eigenvalue weighted by atomic mass is 35.5. The van der Waals surface area contributed by atoms with E-state index in [1.54, 1.807) is 35.9 Å². The third-order valence-electron chi connectivity index (χ3n) is 3.67. The molecule has 5 nitrogen and oxygen atoms in total. The maximum atomic E-state index is 12.5. The van der Waals surface area contributed by atoms with E-state index in [9.17, 15) is 4.79 Å². The zero-order chi connectivity index (χ0) is 16.8. The van der Waals surface area contributed by atoms with Crippen molar-refractivity contribution in [3.05, 3.63) is 50.7 Å². The Morgan fingerprint density at radius 2 is 2.00 bits per heavy atom. The van der Waals surface area contributed by atoms with Crippen LogP contribution in [0.2, 0.25) is 10.0 Å². The number of carbonyl (C=O) groups is 1. The molecular weight excluding hydrogens is 371 g/mol. The summed E-state index contributed by atoms with van der Waals surface area (Å²) in [4.78, 5) is 17.2. The number of ether oxygens (including phenoxy) is 2. The molecule has 0 saturated carbocycles. The van der Waals surface area contributed by atoms with E-state index >= 15 is 0 Å². The third kappa shape index (κ3) is 2.47. The fourth-order valence-corrected chi connectivity index (χ4v) is 3.98. The minimum atomic E-state index is -0.363. The third-order valence-corrected chi connectivity index (χ3v) is 5.56. The molecule has 1 aromatic heterocycles. The Kier molecular flexibility index (Phi) is 3.75. The number of hydrogen-bond acceptors (Lipinski definition) is 4. The molecule has 0 N–H and O–H groups in total. The van der Waals surface area contributed by atoms with Crippen LogP contribution in [0.4, 0.5) is 0 Å². The number of hydrogen-bond donors (Lipinski definition) is 0. The molecule has 1 amide bonds. The van der Waals surface area contributed by atoms with Crippen LogP contribution in [0.15, 0.2) is 35.3 Å². The van der Waals surface area contributed by atoms with E-state index in [0.717, 1.165) is 10.2 Å². The zero-order valence-electron chi connectivity index (χ0n) is 12.4. The first-order valence-corrected chi connectivity index (χ1v) is 8.54. The topological polar surface area (TPSA) is 52.8 Å². The first kappa shape index (κ1) is 15.5. The van der Waals surface area contributed by atoms with Gasteiger partial charge in [0.25, 0.3) is 5.91 Å². The lowest BCUT2D eigenvalue weighted by Crippen LogP contribution is -2.13. The van der Waals surface area contributed by atoms with Crippen molar-refractivity contribution in [1.82, 2.24) is 4.57 Å². The first-order chi connectivity index (χ1) is 11.5. The van der Waals surface area contributed by atoms with Crippen LogP contribution in [0.25, 0.3) is 10.2 Å². The lowest BCUT2D eigenvalue weighted by atomic mass is 10.2. The number of nitrogens with zero attached hydrogens (tertiary/aromatic N) is 2. The highest BCUT2D eigenvalue weighted by molar-refractivity contribution is 7.16. The molecule has 24 heavy (non-hydrogen) atoms. The second kappa shape index (κ2) is 5.81. The van der Waals surface area contributed by atoms with Crippen molar-refractivity contribution in [2.75, 3.05) is 6.79 Å². The number of carbonyl (C=O) groups excluding carboxylic acids is 1. The van der Waals surface area contributed by atoms with Crippen LogP contribution in [-0.4, -0.2) is 17.3 Å². The van der Waals surface area contributed by atoms with E-state index in [1.807, 2.05) is 6.07 Å². The molecule has 0 radical (unpaired) electrons. The van der Waals surface area contributed by atoms with Crippen molar-refractivity contribution >= 4 is 50.7 Å². The van der Waals surface area contributed by atoms with Gasteiger partial charge in [-0.3, -0.25) is 4.79 Å². The van der Waals surface area contributed by atoms with Gasteiger partial charge in [-0.15, -0.1) is 0 Å². The van der Waals surface area contributed by atoms with Gasteiger partial charge in [-0.1, -0.05) is 34.5 Å². The molecule has 0 aliphatic carbocycles. The summed E-state index contributed by atoms with van der Waals surface area (Å²) in [5.41, 5.74) is 1.19. The van der Waals surface area contributed by atoms with Crippen molar-refractivity contribution < 1.29 is 14.3 Å². The van der Waals surface area contributed by atoms with Crippen LogP contribution in [0.3, 0.4) is 0 Å². The van der Waals surface area contributed by atoms with E-state index in [4.69, 9.17) is 32.7 Å². The van der Waals surface area contributed by atoms with Crippen molar-refractivity contribution in [3.8, 4) is 11.5 Å². The number of amides is 1. The summed E-state index contributed by atoms with van der Waals surface area (Å²) in [6.45, 7) is 0.161. The van der Waals surface area contributed by atoms with Crippen LogP contribution >= 0.6 is 34.5 Å². The maximum absolute atomic E-state index is 12.5. The van der Waals surface area contributed by atoms with Gasteiger partial charge in [-0.05, 0) is 30.3 Å². The predicted octanol–water partition coefficient (Wildman–Crippen LogP) is 4.02. The summed E-state index contributed by atoms with van der Waals surface area (Å²) in [6.07, 6.45) is 0. The first-order valence-electron chi connectivity index (χ1n) is 6.97. The van der Waals surface area contributed by atoms with Gasteiger partial charge in [0.15, 0.2) is 16.3 Å². The van der Waals surface area contributed by atoms with Crippen molar-refractivity contribution in [1.29, 1.82) is 0 Å². The van der Waals surface area contributed by atoms with Crippen molar-refractivity contribution in [3.63, 3.8) is 0 Å². The summed E-state index contributed by atoms with van der Waals surface area (Å²) in [6, 6.07) is 8.58. The van der Waals surface area contributed by atoms with E-state index in [0.29, 0.717) is 31.9 Å². The monoisotopic (exact) mass is 380 g/mol. The van der Waals surface area contributed by atoms with Crippen molar-refractivity contribution in [2.45, 2.75) is 0 Å². The summed E-state index contributed by atoms with van der Waals surface area (Å²) >= 11 is 13.7. The average molecular weight is 381 g/mol. The molecule has 3 aromatic rings. The van der Waals surface area contributed by atoms with E-state index in [1.165, 1.54) is 11.3 Å². The lowest BCUT2D eigenvalue weighted by Gasteiger charge is -2.00. The number of benzene rings is 2. The van der Waals surface area contributed by atoms with Gasteiger partial charge >= 0.3 is 0 Å². The minimum absolute atomic E-state index is 0.161. The van der Waals surface area contributed by atoms with E-state index < -0.39 is 0 Å². The van der Waals surface area contributed by atoms with Crippen LogP contribution in [0.5, 0.6) is 11.5 Å². The van der Waals surface area contributed by atoms with Gasteiger partial charge in [-0.25, -0.2) is 0 Å². The minimum Gasteiger partial charge on any atom is -0.454 e. The van der Waals surface area contributed by atoms with Gasteiger partial charge in [0.05, 0.1) is 20.3 Å². The normalized spacial score (nSPS) is 13.7. The predicted molar refractivity (Wildman–Crippen MR) is 93.3 cm³/mol. The summed E-state index contributed by atoms with van der Waals surface area (Å²) < 4.78 is 13.2. The van der Waals surface area contributed by atoms with Crippen LogP contribution in [0.1, 0.15) is 10.4 Å². The molecule has 0 bridgehead atoms. The fourth-order valence-electron chi connectivity index (χ4n) is 2.46. The summed E-state index contributed by atoms with van der Waals surface area (Å²) in [5.74, 6) is 0.810. The Morgan fingerprint density at radius 1 is 1.21 bits per heavy atom. The number of halogens is 2. The number of rotatable bonds is 1. The molecule has 0 fully saturated rings. The second-order valence-corrected chi connectivity index (χ2v) is 6.93. The van der Waals surface area contributed by atoms with Crippen LogP contribution in [0, 0.1) is 0 Å². The summed E-state index contributed by atoms with van der Waals surface area (Å²) in [5, 5.41) is 0.913. The van der Waals surface area contributed by atoms with Crippen LogP contribution < -0.4 is 14.3 Å². The number of thiazole rings is 1. The molecule has 4 rings (SSSR count). The molecule has 8 heteroatoms. The molecule has 2 heterocycles. The van der Waals surface area contributed by atoms with Gasteiger partial charge in [0, 0.05) is 12.6 Å². The Bertz CT molecular complexity index is 1060. The quantitative estimate of drug-likeness (QED) is 0.640. The molecule has 1 aliphatic heterocycles. The highest BCUT2D eigenvalue weighted by Crippen LogP contribution is 2.33. The molecule has 0 unspecified atom stereocenters. The fraction of sp³-hybridized carbons (Fsp3) is 0.125. The van der Waals surface area contributed by atoms with E-state index in [-0.39, 0.29) is 12.7 Å². The number of fused-ring (bicyclic) bond motifs is 2. The average Bonchev–Trinajstić information content (AvgIpc) is 3.15. The maximum Gasteiger partial charge on any atom is 0.279 e. The largest absolute Gasteiger partial charge is 0.454 e. The van der Waals surface area contributed by atoms with Gasteiger partial charge in [0.1, 0.15) is 0 Å². The zero-order valence-corrected chi connectivity index (χ0v) is 14.7. The molecule has 0 saturated heterocycles. The molecule has 0 spiro atoms. The smallest absolute Gasteiger partial charge is 0.279 e. The highest BCUT2D eigenvalue weighted by Gasteiger charge is 2.16. The van der Waals surface area contributed by atoms with Gasteiger partial charge in [-0.2, -0.15) is 4.99 Å². The standard InChI is InChI=1S/C16H10Cl2N2O3S/c1-20-14-12(5-3-9(17)13(14)18)24-16(20)19-15(21)8-2-4-10-11(6-8)23-7-22-10/h2-6H,7H2,1H3. The Hall–Kier alpha value is -2.02. The summed E-state index contributed by atoms with van der Waals surface area (Å²) in [7, 11) is 1.80. The second-order valence-electron chi connectivity index (χ2n) is 5.14. The molecule has 122 valence electrons. The Labute approximate surface area is 150 Å². The van der Waals surface area contributed by atoms with Crippen LogP contribution in [-0.2, 0) is 7.05 Å². The van der Waals surface area contributed by atoms with Gasteiger partial charge in [0.2, 0.25) is 6.79 Å². The molecule has 2 aromatic carbocycles.